The lowest BCUT2D eigenvalue weighted by Crippen LogP contribution is -2.51. The fraction of sp³-hybridized carbons (Fsp3) is 0.258. The molecule has 3 aromatic carbocycles. The Balaban J connectivity index is 1.79. The number of carbonyl (C=O) groups excluding carboxylic acids is 3. The zero-order chi connectivity index (χ0) is 29.0. The van der Waals surface area contributed by atoms with Gasteiger partial charge in [0, 0.05) is 12.1 Å². The number of ether oxygens (including phenoxy) is 4. The van der Waals surface area contributed by atoms with Crippen LogP contribution in [0.25, 0.3) is 11.1 Å². The molecule has 2 heterocycles. The molecule has 0 aliphatic carbocycles. The second-order valence-electron chi connectivity index (χ2n) is 9.80. The summed E-state index contributed by atoms with van der Waals surface area (Å²) in [6, 6.07) is 22.2. The maximum Gasteiger partial charge on any atom is 0.343 e. The van der Waals surface area contributed by atoms with Crippen molar-refractivity contribution in [2.75, 3.05) is 26.8 Å². The quantitative estimate of drug-likeness (QED) is 0.214. The summed E-state index contributed by atoms with van der Waals surface area (Å²) in [4.78, 5) is 39.0. The highest BCUT2D eigenvalue weighted by atomic mass is 16.8. The van der Waals surface area contributed by atoms with Crippen LogP contribution in [0.3, 0.4) is 0 Å². The molecule has 3 aromatic rings. The SMILES string of the molecule is CNCCOc1ccc(/C(=C(/c2ccccc2)C23COC(=O)CC(O)(CC(=O)O2)C(=O)O3)c2ccc(O)cc2)cc1. The van der Waals surface area contributed by atoms with Crippen LogP contribution in [-0.4, -0.2) is 66.3 Å². The van der Waals surface area contributed by atoms with Crippen LogP contribution < -0.4 is 10.1 Å². The molecule has 41 heavy (non-hydrogen) atoms. The van der Waals surface area contributed by atoms with E-state index in [-0.39, 0.29) is 11.3 Å². The number of phenolic OH excluding ortho intramolecular Hbond substituents is 1. The highest BCUT2D eigenvalue weighted by Crippen LogP contribution is 2.45. The van der Waals surface area contributed by atoms with Crippen LogP contribution >= 0.6 is 0 Å². The van der Waals surface area contributed by atoms with Gasteiger partial charge in [0.25, 0.3) is 0 Å². The van der Waals surface area contributed by atoms with E-state index in [9.17, 15) is 24.6 Å². The van der Waals surface area contributed by atoms with Crippen LogP contribution in [0.2, 0.25) is 0 Å². The van der Waals surface area contributed by atoms with Crippen LogP contribution in [-0.2, 0) is 28.6 Å². The Morgan fingerprint density at radius 3 is 2.15 bits per heavy atom. The van der Waals surface area contributed by atoms with Crippen LogP contribution in [0.1, 0.15) is 29.5 Å². The molecular weight excluding hydrogens is 530 g/mol. The monoisotopic (exact) mass is 559 g/mol. The molecule has 2 aliphatic heterocycles. The maximum atomic E-state index is 13.3. The summed E-state index contributed by atoms with van der Waals surface area (Å²) in [5.41, 5.74) is -0.102. The average Bonchev–Trinajstić information content (AvgIpc) is 3.01. The van der Waals surface area contributed by atoms with E-state index in [2.05, 4.69) is 5.32 Å². The van der Waals surface area contributed by atoms with Crippen molar-refractivity contribution in [1.82, 2.24) is 5.32 Å². The smallest absolute Gasteiger partial charge is 0.343 e. The second-order valence-corrected chi connectivity index (χ2v) is 9.80. The van der Waals surface area contributed by atoms with E-state index in [0.717, 1.165) is 0 Å². The topological polar surface area (TPSA) is 141 Å². The molecule has 2 atom stereocenters. The fourth-order valence-electron chi connectivity index (χ4n) is 4.86. The van der Waals surface area contributed by atoms with E-state index in [1.807, 2.05) is 7.05 Å². The molecule has 10 nitrogen and oxygen atoms in total. The molecule has 0 amide bonds. The summed E-state index contributed by atoms with van der Waals surface area (Å²) in [6.07, 6.45) is -1.53. The van der Waals surface area contributed by atoms with Crippen molar-refractivity contribution in [2.45, 2.75) is 24.2 Å². The Morgan fingerprint density at radius 1 is 0.854 bits per heavy atom. The van der Waals surface area contributed by atoms with Gasteiger partial charge in [-0.3, -0.25) is 9.59 Å². The molecular formula is C31H29NO9. The summed E-state index contributed by atoms with van der Waals surface area (Å²) in [6.45, 7) is 0.467. The van der Waals surface area contributed by atoms with Gasteiger partial charge < -0.3 is 34.5 Å². The summed E-state index contributed by atoms with van der Waals surface area (Å²) >= 11 is 0. The summed E-state index contributed by atoms with van der Waals surface area (Å²) in [5, 5.41) is 24.0. The Morgan fingerprint density at radius 2 is 1.49 bits per heavy atom. The van der Waals surface area contributed by atoms with E-state index < -0.39 is 48.7 Å². The number of likely N-dealkylation sites (N-methyl/N-ethyl adjacent to an activating group) is 1. The van der Waals surface area contributed by atoms with Gasteiger partial charge in [-0.05, 0) is 48.0 Å². The molecule has 0 saturated carbocycles. The van der Waals surface area contributed by atoms with Gasteiger partial charge in [0.2, 0.25) is 0 Å². The van der Waals surface area contributed by atoms with Crippen molar-refractivity contribution in [3.8, 4) is 11.5 Å². The molecule has 0 aromatic heterocycles. The molecule has 3 N–H and O–H groups in total. The zero-order valence-corrected chi connectivity index (χ0v) is 22.3. The van der Waals surface area contributed by atoms with Crippen molar-refractivity contribution in [3.05, 3.63) is 95.6 Å². The lowest BCUT2D eigenvalue weighted by Gasteiger charge is -2.36. The first-order chi connectivity index (χ1) is 19.7. The molecule has 10 heteroatoms. The molecule has 0 radical (unpaired) electrons. The van der Waals surface area contributed by atoms with Crippen molar-refractivity contribution in [3.63, 3.8) is 0 Å². The number of phenols is 1. The van der Waals surface area contributed by atoms with Crippen molar-refractivity contribution in [1.29, 1.82) is 0 Å². The van der Waals surface area contributed by atoms with E-state index in [0.29, 0.717) is 41.2 Å². The normalized spacial score (nSPS) is 22.8. The number of hydrogen-bond acceptors (Lipinski definition) is 10. The predicted octanol–water partition coefficient (Wildman–Crippen LogP) is 2.81. The van der Waals surface area contributed by atoms with E-state index in [1.165, 1.54) is 12.1 Å². The number of cyclic esters (lactones) is 1. The van der Waals surface area contributed by atoms with E-state index >= 15 is 0 Å². The number of carbonyl (C=O) groups is 3. The summed E-state index contributed by atoms with van der Waals surface area (Å²) in [5.74, 6) is -4.60. The minimum Gasteiger partial charge on any atom is -0.508 e. The van der Waals surface area contributed by atoms with Crippen molar-refractivity contribution >= 4 is 29.1 Å². The second kappa shape index (κ2) is 11.4. The van der Waals surface area contributed by atoms with Gasteiger partial charge in [0.1, 0.15) is 18.1 Å². The first kappa shape index (κ1) is 27.9. The molecule has 2 aliphatic rings. The molecule has 212 valence electrons. The number of hydrogen-bond donors (Lipinski definition) is 3. The van der Waals surface area contributed by atoms with Crippen LogP contribution in [0.5, 0.6) is 11.5 Å². The van der Waals surface area contributed by atoms with E-state index in [4.69, 9.17) is 18.9 Å². The van der Waals surface area contributed by atoms with Crippen molar-refractivity contribution < 1.29 is 43.5 Å². The fourth-order valence-corrected chi connectivity index (χ4v) is 4.86. The standard InChI is InChI=1S/C31H29NO9/c1-32-15-16-38-24-13-9-21(10-14-24)27(20-7-11-23(33)12-8-20)28(22-5-3-2-4-6-22)31-19-39-25(34)17-30(37,29(36)41-31)18-26(35)40-31/h2-14,32-33,37H,15-19H2,1H3/b28-27-. The van der Waals surface area contributed by atoms with Crippen LogP contribution in [0.15, 0.2) is 78.9 Å². The Kier molecular flexibility index (Phi) is 7.78. The maximum absolute atomic E-state index is 13.3. The average molecular weight is 560 g/mol. The minimum absolute atomic E-state index is 0.0260. The molecule has 2 unspecified atom stereocenters. The predicted molar refractivity (Wildman–Crippen MR) is 146 cm³/mol. The first-order valence-electron chi connectivity index (χ1n) is 13.0. The van der Waals surface area contributed by atoms with Gasteiger partial charge in [-0.25, -0.2) is 4.79 Å². The van der Waals surface area contributed by atoms with Gasteiger partial charge in [-0.1, -0.05) is 54.6 Å². The molecule has 0 spiro atoms. The summed E-state index contributed by atoms with van der Waals surface area (Å²) in [7, 11) is 1.83. The number of benzene rings is 3. The molecule has 2 fully saturated rings. The van der Waals surface area contributed by atoms with Gasteiger partial charge in [-0.15, -0.1) is 0 Å². The highest BCUT2D eigenvalue weighted by Gasteiger charge is 2.57. The Bertz CT molecular complexity index is 1470. The largest absolute Gasteiger partial charge is 0.508 e. The minimum atomic E-state index is -2.44. The Labute approximate surface area is 236 Å². The highest BCUT2D eigenvalue weighted by molar-refractivity contribution is 6.03. The molecule has 5 rings (SSSR count). The third-order valence-electron chi connectivity index (χ3n) is 6.83. The van der Waals surface area contributed by atoms with Gasteiger partial charge in [0.05, 0.1) is 18.4 Å². The van der Waals surface area contributed by atoms with Gasteiger partial charge in [-0.2, -0.15) is 0 Å². The molecule has 2 saturated heterocycles. The Hall–Kier alpha value is -4.67. The van der Waals surface area contributed by atoms with Gasteiger partial charge >= 0.3 is 23.7 Å². The van der Waals surface area contributed by atoms with E-state index in [1.54, 1.807) is 66.7 Å². The number of esters is 3. The number of aliphatic hydroxyl groups is 1. The van der Waals surface area contributed by atoms with Crippen LogP contribution in [0.4, 0.5) is 0 Å². The number of aromatic hydroxyl groups is 1. The summed E-state index contributed by atoms with van der Waals surface area (Å²) < 4.78 is 22.9. The zero-order valence-electron chi connectivity index (χ0n) is 22.3. The van der Waals surface area contributed by atoms with Crippen LogP contribution in [0, 0.1) is 0 Å². The number of rotatable bonds is 8. The third kappa shape index (κ3) is 5.79. The van der Waals surface area contributed by atoms with Crippen molar-refractivity contribution in [2.24, 2.45) is 0 Å². The lowest BCUT2D eigenvalue weighted by atomic mass is 9.84. The van der Waals surface area contributed by atoms with Gasteiger partial charge in [0.15, 0.2) is 12.2 Å². The first-order valence-corrected chi connectivity index (χ1v) is 13.0. The number of nitrogens with one attached hydrogen (secondary N) is 1. The number of fused-ring (bicyclic) bond motifs is 3. The lowest BCUT2D eigenvalue weighted by molar-refractivity contribution is -0.226. The molecule has 2 bridgehead atoms. The third-order valence-corrected chi connectivity index (χ3v) is 6.83.